The van der Waals surface area contributed by atoms with Crippen molar-refractivity contribution >= 4 is 5.82 Å². The van der Waals surface area contributed by atoms with Crippen LogP contribution in [0.5, 0.6) is 5.88 Å². The van der Waals surface area contributed by atoms with Gasteiger partial charge in [-0.25, -0.2) is 0 Å². The molecule has 1 aromatic rings. The van der Waals surface area contributed by atoms with E-state index in [0.29, 0.717) is 18.2 Å². The van der Waals surface area contributed by atoms with Gasteiger partial charge in [-0.15, -0.1) is 0 Å². The average molecular weight is 210 g/mol. The number of hydrogen-bond acceptors (Lipinski definition) is 4. The molecule has 1 heterocycles. The fraction of sp³-hybridized carbons (Fsp3) is 0.545. The molecule has 0 aliphatic carbocycles. The number of aliphatic hydroxyl groups excluding tert-OH is 1. The van der Waals surface area contributed by atoms with Crippen LogP contribution in [0.4, 0.5) is 5.82 Å². The molecule has 0 saturated carbocycles. The van der Waals surface area contributed by atoms with Gasteiger partial charge in [-0.2, -0.15) is 4.98 Å². The molecule has 0 amide bonds. The summed E-state index contributed by atoms with van der Waals surface area (Å²) < 4.78 is 5.00. The summed E-state index contributed by atoms with van der Waals surface area (Å²) in [4.78, 5) is 4.18. The van der Waals surface area contributed by atoms with Gasteiger partial charge in [-0.3, -0.25) is 0 Å². The Bertz CT molecular complexity index is 302. The van der Waals surface area contributed by atoms with E-state index >= 15 is 0 Å². The van der Waals surface area contributed by atoms with Crippen LogP contribution in [0.2, 0.25) is 0 Å². The van der Waals surface area contributed by atoms with Crippen molar-refractivity contribution in [2.24, 2.45) is 5.92 Å². The van der Waals surface area contributed by atoms with Gasteiger partial charge in [0.05, 0.1) is 13.2 Å². The van der Waals surface area contributed by atoms with Crippen LogP contribution in [0.3, 0.4) is 0 Å². The predicted octanol–water partition coefficient (Wildman–Crippen LogP) is 1.52. The molecule has 15 heavy (non-hydrogen) atoms. The molecule has 2 N–H and O–H groups in total. The molecular formula is C11H18N2O2. The minimum absolute atomic E-state index is 0.239. The zero-order valence-electron chi connectivity index (χ0n) is 9.40. The number of ether oxygens (including phenoxy) is 1. The van der Waals surface area contributed by atoms with E-state index in [-0.39, 0.29) is 12.0 Å². The average Bonchev–Trinajstić information content (AvgIpc) is 2.26. The van der Waals surface area contributed by atoms with Gasteiger partial charge < -0.3 is 15.2 Å². The van der Waals surface area contributed by atoms with E-state index in [2.05, 4.69) is 10.3 Å². The first-order valence-electron chi connectivity index (χ1n) is 5.06. The Kier molecular flexibility index (Phi) is 4.37. The molecule has 1 aromatic heterocycles. The molecule has 0 fully saturated rings. The highest BCUT2D eigenvalue weighted by Crippen LogP contribution is 2.11. The lowest BCUT2D eigenvalue weighted by Crippen LogP contribution is -2.25. The highest BCUT2D eigenvalue weighted by molar-refractivity contribution is 5.37. The van der Waals surface area contributed by atoms with E-state index in [0.717, 1.165) is 0 Å². The summed E-state index contributed by atoms with van der Waals surface area (Å²) in [6, 6.07) is 5.48. The molecule has 0 radical (unpaired) electrons. The number of pyridine rings is 1. The number of nitrogens with one attached hydrogen (secondary N) is 1. The van der Waals surface area contributed by atoms with Crippen molar-refractivity contribution in [3.8, 4) is 5.88 Å². The van der Waals surface area contributed by atoms with Gasteiger partial charge >= 0.3 is 0 Å². The number of hydrogen-bond donors (Lipinski definition) is 2. The lowest BCUT2D eigenvalue weighted by atomic mass is 10.1. The highest BCUT2D eigenvalue weighted by Gasteiger charge is 2.08. The molecule has 0 aliphatic heterocycles. The van der Waals surface area contributed by atoms with Crippen LogP contribution in [-0.2, 0) is 0 Å². The van der Waals surface area contributed by atoms with Gasteiger partial charge in [-0.05, 0) is 12.0 Å². The summed E-state index contributed by atoms with van der Waals surface area (Å²) in [7, 11) is 1.58. The van der Waals surface area contributed by atoms with Gasteiger partial charge in [0.2, 0.25) is 5.88 Å². The largest absolute Gasteiger partial charge is 0.481 e. The quantitative estimate of drug-likeness (QED) is 0.773. The summed E-state index contributed by atoms with van der Waals surface area (Å²) in [5.41, 5.74) is 0. The van der Waals surface area contributed by atoms with Gasteiger partial charge in [0.15, 0.2) is 0 Å². The highest BCUT2D eigenvalue weighted by atomic mass is 16.5. The molecule has 1 atom stereocenters. The Labute approximate surface area is 90.3 Å². The first-order valence-corrected chi connectivity index (χ1v) is 5.06. The third-order valence-electron chi connectivity index (χ3n) is 2.19. The van der Waals surface area contributed by atoms with Crippen LogP contribution < -0.4 is 10.1 Å². The van der Waals surface area contributed by atoms with E-state index in [1.807, 2.05) is 26.0 Å². The monoisotopic (exact) mass is 210 g/mol. The van der Waals surface area contributed by atoms with Crippen LogP contribution in [-0.4, -0.2) is 29.8 Å². The number of rotatable bonds is 5. The second kappa shape index (κ2) is 5.56. The molecule has 0 bridgehead atoms. The SMILES string of the molecule is COc1cccc(NCC(O)C(C)C)n1. The normalized spacial score (nSPS) is 12.6. The third kappa shape index (κ3) is 3.75. The van der Waals surface area contributed by atoms with Crippen LogP contribution in [0, 0.1) is 5.92 Å². The lowest BCUT2D eigenvalue weighted by molar-refractivity contribution is 0.138. The Morgan fingerprint density at radius 1 is 1.47 bits per heavy atom. The minimum atomic E-state index is -0.363. The van der Waals surface area contributed by atoms with Crippen molar-refractivity contribution in [1.29, 1.82) is 0 Å². The van der Waals surface area contributed by atoms with E-state index in [1.165, 1.54) is 0 Å². The number of methoxy groups -OCH3 is 1. The Morgan fingerprint density at radius 2 is 2.20 bits per heavy atom. The molecule has 0 aliphatic rings. The second-order valence-corrected chi connectivity index (χ2v) is 3.76. The summed E-state index contributed by atoms with van der Waals surface area (Å²) in [6.07, 6.45) is -0.363. The smallest absolute Gasteiger partial charge is 0.214 e. The second-order valence-electron chi connectivity index (χ2n) is 3.76. The molecule has 1 unspecified atom stereocenters. The van der Waals surface area contributed by atoms with E-state index in [4.69, 9.17) is 4.74 Å². The van der Waals surface area contributed by atoms with Crippen LogP contribution >= 0.6 is 0 Å². The molecular weight excluding hydrogens is 192 g/mol. The standard InChI is InChI=1S/C11H18N2O2/c1-8(2)9(14)7-12-10-5-4-6-11(13-10)15-3/h4-6,8-9,14H,7H2,1-3H3,(H,12,13). The fourth-order valence-corrected chi connectivity index (χ4v) is 1.07. The van der Waals surface area contributed by atoms with E-state index < -0.39 is 0 Å². The fourth-order valence-electron chi connectivity index (χ4n) is 1.07. The Balaban J connectivity index is 2.50. The number of anilines is 1. The minimum Gasteiger partial charge on any atom is -0.481 e. The zero-order chi connectivity index (χ0) is 11.3. The maximum absolute atomic E-state index is 9.59. The summed E-state index contributed by atoms with van der Waals surface area (Å²) >= 11 is 0. The van der Waals surface area contributed by atoms with Gasteiger partial charge in [0.1, 0.15) is 5.82 Å². The molecule has 0 spiro atoms. The van der Waals surface area contributed by atoms with Crippen LogP contribution in [0.15, 0.2) is 18.2 Å². The number of nitrogens with zero attached hydrogens (tertiary/aromatic N) is 1. The summed E-state index contributed by atoms with van der Waals surface area (Å²) in [6.45, 7) is 4.45. The summed E-state index contributed by atoms with van der Waals surface area (Å²) in [5, 5.41) is 12.7. The van der Waals surface area contributed by atoms with E-state index in [9.17, 15) is 5.11 Å². The zero-order valence-corrected chi connectivity index (χ0v) is 9.40. The maximum Gasteiger partial charge on any atom is 0.214 e. The van der Waals surface area contributed by atoms with Crippen molar-refractivity contribution in [2.75, 3.05) is 19.0 Å². The van der Waals surface area contributed by atoms with Crippen molar-refractivity contribution < 1.29 is 9.84 Å². The van der Waals surface area contributed by atoms with Gasteiger partial charge in [0, 0.05) is 12.6 Å². The number of aromatic nitrogens is 1. The van der Waals surface area contributed by atoms with Crippen molar-refractivity contribution in [1.82, 2.24) is 4.98 Å². The van der Waals surface area contributed by atoms with Crippen LogP contribution in [0.1, 0.15) is 13.8 Å². The molecule has 1 rings (SSSR count). The Hall–Kier alpha value is -1.29. The van der Waals surface area contributed by atoms with Gasteiger partial charge in [0.25, 0.3) is 0 Å². The third-order valence-corrected chi connectivity index (χ3v) is 2.19. The molecule has 84 valence electrons. The molecule has 4 heteroatoms. The van der Waals surface area contributed by atoms with Crippen molar-refractivity contribution in [3.05, 3.63) is 18.2 Å². The first kappa shape index (κ1) is 11.8. The van der Waals surface area contributed by atoms with E-state index in [1.54, 1.807) is 13.2 Å². The summed E-state index contributed by atoms with van der Waals surface area (Å²) in [5.74, 6) is 1.52. The molecule has 4 nitrogen and oxygen atoms in total. The number of aliphatic hydroxyl groups is 1. The Morgan fingerprint density at radius 3 is 2.80 bits per heavy atom. The maximum atomic E-state index is 9.59. The first-order chi connectivity index (χ1) is 7.13. The molecule has 0 saturated heterocycles. The predicted molar refractivity (Wildman–Crippen MR) is 60.1 cm³/mol. The van der Waals surface area contributed by atoms with Crippen molar-refractivity contribution in [2.45, 2.75) is 20.0 Å². The lowest BCUT2D eigenvalue weighted by Gasteiger charge is -2.15. The topological polar surface area (TPSA) is 54.4 Å². The van der Waals surface area contributed by atoms with Crippen molar-refractivity contribution in [3.63, 3.8) is 0 Å². The van der Waals surface area contributed by atoms with Crippen LogP contribution in [0.25, 0.3) is 0 Å². The van der Waals surface area contributed by atoms with Gasteiger partial charge in [-0.1, -0.05) is 19.9 Å². The molecule has 0 aromatic carbocycles.